The lowest BCUT2D eigenvalue weighted by Crippen LogP contribution is -2.09. The van der Waals surface area contributed by atoms with Crippen molar-refractivity contribution < 1.29 is 14.6 Å². The van der Waals surface area contributed by atoms with Crippen molar-refractivity contribution in [3.05, 3.63) is 65.4 Å². The third-order valence-corrected chi connectivity index (χ3v) is 4.49. The van der Waals surface area contributed by atoms with Crippen molar-refractivity contribution >= 4 is 17.6 Å². The van der Waals surface area contributed by atoms with Gasteiger partial charge in [0, 0.05) is 17.4 Å². The van der Waals surface area contributed by atoms with Gasteiger partial charge in [0.1, 0.15) is 5.75 Å². The number of hydrogen-bond acceptors (Lipinski definition) is 5. The number of aryl methyl sites for hydroxylation is 2. The summed E-state index contributed by atoms with van der Waals surface area (Å²) < 4.78 is 5.34. The summed E-state index contributed by atoms with van der Waals surface area (Å²) in [6.07, 6.45) is 3.71. The van der Waals surface area contributed by atoms with Crippen molar-refractivity contribution in [1.29, 1.82) is 0 Å². The third-order valence-electron chi connectivity index (χ3n) is 4.49. The molecule has 1 aliphatic carbocycles. The summed E-state index contributed by atoms with van der Waals surface area (Å²) in [5.41, 5.74) is 5.30. The maximum atomic E-state index is 10.9. The predicted octanol–water partition coefficient (Wildman–Crippen LogP) is 3.69. The number of benzene rings is 2. The number of nitrogens with one attached hydrogen (secondary N) is 1. The SMILES string of the molecule is COc1ccc2c(c1)-c1nc(Nc3ccc(C(=O)O)cc3)ncc1CC2. The van der Waals surface area contributed by atoms with Gasteiger partial charge in [0.15, 0.2) is 0 Å². The summed E-state index contributed by atoms with van der Waals surface area (Å²) in [5, 5.41) is 12.1. The van der Waals surface area contributed by atoms with Gasteiger partial charge in [0.05, 0.1) is 18.4 Å². The number of ether oxygens (including phenoxy) is 1. The Morgan fingerprint density at radius 3 is 2.62 bits per heavy atom. The van der Waals surface area contributed by atoms with Crippen LogP contribution in [0.25, 0.3) is 11.3 Å². The topological polar surface area (TPSA) is 84.3 Å². The number of fused-ring (bicyclic) bond motifs is 3. The van der Waals surface area contributed by atoms with E-state index in [1.807, 2.05) is 18.3 Å². The van der Waals surface area contributed by atoms with Crippen LogP contribution in [-0.2, 0) is 12.8 Å². The van der Waals surface area contributed by atoms with E-state index in [9.17, 15) is 4.79 Å². The molecule has 2 N–H and O–H groups in total. The lowest BCUT2D eigenvalue weighted by molar-refractivity contribution is 0.0697. The zero-order chi connectivity index (χ0) is 18.1. The molecule has 0 bridgehead atoms. The molecule has 6 heteroatoms. The lowest BCUT2D eigenvalue weighted by Gasteiger charge is -2.20. The van der Waals surface area contributed by atoms with Gasteiger partial charge in [-0.15, -0.1) is 0 Å². The van der Waals surface area contributed by atoms with E-state index >= 15 is 0 Å². The van der Waals surface area contributed by atoms with Crippen LogP contribution in [0, 0.1) is 0 Å². The molecular formula is C20H17N3O3. The van der Waals surface area contributed by atoms with Gasteiger partial charge in [-0.1, -0.05) is 6.07 Å². The maximum absolute atomic E-state index is 10.9. The molecule has 0 saturated heterocycles. The zero-order valence-electron chi connectivity index (χ0n) is 14.2. The molecule has 3 aromatic rings. The van der Waals surface area contributed by atoms with E-state index in [1.54, 1.807) is 31.4 Å². The highest BCUT2D eigenvalue weighted by Gasteiger charge is 2.19. The number of hydrogen-bond donors (Lipinski definition) is 2. The van der Waals surface area contributed by atoms with E-state index in [0.29, 0.717) is 5.95 Å². The van der Waals surface area contributed by atoms with Crippen molar-refractivity contribution in [3.8, 4) is 17.0 Å². The van der Waals surface area contributed by atoms with Gasteiger partial charge >= 0.3 is 5.97 Å². The number of anilines is 2. The molecule has 0 unspecified atom stereocenters. The number of carboxylic acid groups (broad SMARTS) is 1. The van der Waals surface area contributed by atoms with E-state index in [1.165, 1.54) is 5.56 Å². The highest BCUT2D eigenvalue weighted by atomic mass is 16.5. The van der Waals surface area contributed by atoms with Crippen molar-refractivity contribution in [2.75, 3.05) is 12.4 Å². The predicted molar refractivity (Wildman–Crippen MR) is 98.1 cm³/mol. The van der Waals surface area contributed by atoms with Crippen LogP contribution in [0.1, 0.15) is 21.5 Å². The molecule has 130 valence electrons. The van der Waals surface area contributed by atoms with Crippen molar-refractivity contribution in [3.63, 3.8) is 0 Å². The molecule has 2 aromatic carbocycles. The first-order chi connectivity index (χ1) is 12.6. The van der Waals surface area contributed by atoms with Crippen LogP contribution in [0.15, 0.2) is 48.7 Å². The second-order valence-electron chi connectivity index (χ2n) is 6.10. The van der Waals surface area contributed by atoms with Gasteiger partial charge in [-0.3, -0.25) is 0 Å². The van der Waals surface area contributed by atoms with Crippen LogP contribution in [-0.4, -0.2) is 28.2 Å². The van der Waals surface area contributed by atoms with Crippen molar-refractivity contribution in [1.82, 2.24) is 9.97 Å². The minimum absolute atomic E-state index is 0.239. The van der Waals surface area contributed by atoms with Gasteiger partial charge in [-0.2, -0.15) is 0 Å². The van der Waals surface area contributed by atoms with Gasteiger partial charge in [0.25, 0.3) is 0 Å². The largest absolute Gasteiger partial charge is 0.497 e. The summed E-state index contributed by atoms with van der Waals surface area (Å²) in [6.45, 7) is 0. The molecule has 0 aliphatic heterocycles. The molecule has 4 rings (SSSR count). The first-order valence-electron chi connectivity index (χ1n) is 8.27. The molecule has 0 atom stereocenters. The summed E-state index contributed by atoms with van der Waals surface area (Å²) in [4.78, 5) is 20.0. The van der Waals surface area contributed by atoms with Gasteiger partial charge in [-0.05, 0) is 60.4 Å². The summed E-state index contributed by atoms with van der Waals surface area (Å²) >= 11 is 0. The average molecular weight is 347 g/mol. The first kappa shape index (κ1) is 16.1. The molecule has 0 saturated carbocycles. The highest BCUT2D eigenvalue weighted by Crippen LogP contribution is 2.34. The standard InChI is InChI=1S/C20H17N3O3/c1-26-16-9-6-12-2-3-14-11-21-20(23-18(14)17(12)10-16)22-15-7-4-13(5-8-15)19(24)25/h4-11H,2-3H2,1H3,(H,24,25)(H,21,22,23). The molecule has 0 radical (unpaired) electrons. The summed E-state index contributed by atoms with van der Waals surface area (Å²) in [7, 11) is 1.65. The van der Waals surface area contributed by atoms with E-state index in [4.69, 9.17) is 9.84 Å². The van der Waals surface area contributed by atoms with E-state index < -0.39 is 5.97 Å². The summed E-state index contributed by atoms with van der Waals surface area (Å²) in [5.74, 6) is 0.323. The Morgan fingerprint density at radius 2 is 1.88 bits per heavy atom. The number of aromatic carboxylic acids is 1. The third kappa shape index (κ3) is 2.97. The van der Waals surface area contributed by atoms with Crippen molar-refractivity contribution in [2.45, 2.75) is 12.8 Å². The Bertz CT molecular complexity index is 984. The Balaban J connectivity index is 1.67. The Kier molecular flexibility index (Phi) is 4.01. The fraction of sp³-hybridized carbons (Fsp3) is 0.150. The molecular weight excluding hydrogens is 330 g/mol. The molecule has 26 heavy (non-hydrogen) atoms. The van der Waals surface area contributed by atoms with Crippen molar-refractivity contribution in [2.24, 2.45) is 0 Å². The van der Waals surface area contributed by atoms with E-state index in [2.05, 4.69) is 21.4 Å². The highest BCUT2D eigenvalue weighted by molar-refractivity contribution is 5.88. The monoisotopic (exact) mass is 347 g/mol. The lowest BCUT2D eigenvalue weighted by atomic mass is 9.90. The molecule has 0 amide bonds. The van der Waals surface area contributed by atoms with Crippen LogP contribution in [0.4, 0.5) is 11.6 Å². The van der Waals surface area contributed by atoms with Gasteiger partial charge < -0.3 is 15.2 Å². The number of methoxy groups -OCH3 is 1. The Hall–Kier alpha value is -3.41. The number of nitrogens with zero attached hydrogens (tertiary/aromatic N) is 2. The second-order valence-corrected chi connectivity index (χ2v) is 6.10. The molecule has 0 spiro atoms. The maximum Gasteiger partial charge on any atom is 0.335 e. The normalized spacial score (nSPS) is 12.0. The number of carboxylic acids is 1. The molecule has 1 aromatic heterocycles. The minimum Gasteiger partial charge on any atom is -0.497 e. The molecule has 1 aliphatic rings. The molecule has 6 nitrogen and oxygen atoms in total. The number of carbonyl (C=O) groups is 1. The zero-order valence-corrected chi connectivity index (χ0v) is 14.2. The second kappa shape index (κ2) is 6.48. The Morgan fingerprint density at radius 1 is 1.12 bits per heavy atom. The molecule has 1 heterocycles. The fourth-order valence-corrected chi connectivity index (χ4v) is 3.10. The minimum atomic E-state index is -0.952. The quantitative estimate of drug-likeness (QED) is 0.749. The van der Waals surface area contributed by atoms with Crippen LogP contribution < -0.4 is 10.1 Å². The number of rotatable bonds is 4. The van der Waals surface area contributed by atoms with E-state index in [0.717, 1.165) is 41.1 Å². The average Bonchev–Trinajstić information content (AvgIpc) is 2.68. The van der Waals surface area contributed by atoms with Crippen LogP contribution >= 0.6 is 0 Å². The summed E-state index contributed by atoms with van der Waals surface area (Å²) in [6, 6.07) is 12.5. The van der Waals surface area contributed by atoms with Crippen LogP contribution in [0.2, 0.25) is 0 Å². The first-order valence-corrected chi connectivity index (χ1v) is 8.27. The number of aromatic nitrogens is 2. The van der Waals surface area contributed by atoms with Gasteiger partial charge in [-0.25, -0.2) is 14.8 Å². The van der Waals surface area contributed by atoms with Crippen LogP contribution in [0.3, 0.4) is 0 Å². The van der Waals surface area contributed by atoms with E-state index in [-0.39, 0.29) is 5.56 Å². The van der Waals surface area contributed by atoms with Gasteiger partial charge in [0.2, 0.25) is 5.95 Å². The van der Waals surface area contributed by atoms with Crippen LogP contribution in [0.5, 0.6) is 5.75 Å². The smallest absolute Gasteiger partial charge is 0.335 e. The Labute approximate surface area is 150 Å². The fourth-order valence-electron chi connectivity index (χ4n) is 3.10. The molecule has 0 fully saturated rings.